The Bertz CT molecular complexity index is 333. The van der Waals surface area contributed by atoms with Crippen LogP contribution >= 0.6 is 0 Å². The van der Waals surface area contributed by atoms with Gasteiger partial charge in [0.2, 0.25) is 0 Å². The van der Waals surface area contributed by atoms with Gasteiger partial charge in [0.15, 0.2) is 0 Å². The third-order valence-electron chi connectivity index (χ3n) is 3.29. The summed E-state index contributed by atoms with van der Waals surface area (Å²) >= 11 is 0. The Morgan fingerprint density at radius 3 is 2.53 bits per heavy atom. The smallest absolute Gasteiger partial charge is 0.126 e. The molecule has 0 atom stereocenters. The van der Waals surface area contributed by atoms with Gasteiger partial charge in [-0.05, 0) is 44.0 Å². The van der Waals surface area contributed by atoms with E-state index in [2.05, 4.69) is 4.90 Å². The third-order valence-corrected chi connectivity index (χ3v) is 3.29. The highest BCUT2D eigenvalue weighted by Gasteiger charge is 2.15. The van der Waals surface area contributed by atoms with Crippen LogP contribution in [0.5, 0.6) is 0 Å². The van der Waals surface area contributed by atoms with Gasteiger partial charge in [-0.2, -0.15) is 0 Å². The average molecular weight is 238 g/mol. The molecule has 2 N–H and O–H groups in total. The van der Waals surface area contributed by atoms with Crippen LogP contribution in [-0.2, 0) is 6.42 Å². The molecule has 0 spiro atoms. The quantitative estimate of drug-likeness (QED) is 0.876. The Kier molecular flexibility index (Phi) is 5.59. The van der Waals surface area contributed by atoms with Crippen molar-refractivity contribution in [3.8, 4) is 0 Å². The SMILES string of the molecule is C.NC1CCN(CCc2ccccc2F)CC1. The second-order valence-electron chi connectivity index (χ2n) is 4.52. The van der Waals surface area contributed by atoms with Gasteiger partial charge in [0, 0.05) is 12.6 Å². The Morgan fingerprint density at radius 2 is 1.88 bits per heavy atom. The fourth-order valence-electron chi connectivity index (χ4n) is 2.16. The molecule has 1 aromatic rings. The maximum atomic E-state index is 13.4. The van der Waals surface area contributed by atoms with Gasteiger partial charge >= 0.3 is 0 Å². The highest BCUT2D eigenvalue weighted by Crippen LogP contribution is 2.11. The van der Waals surface area contributed by atoms with E-state index in [1.807, 2.05) is 12.1 Å². The van der Waals surface area contributed by atoms with Gasteiger partial charge < -0.3 is 10.6 Å². The normalized spacial score (nSPS) is 17.8. The monoisotopic (exact) mass is 238 g/mol. The van der Waals surface area contributed by atoms with Gasteiger partial charge in [0.1, 0.15) is 5.82 Å². The van der Waals surface area contributed by atoms with Crippen molar-refractivity contribution < 1.29 is 4.39 Å². The number of rotatable bonds is 3. The summed E-state index contributed by atoms with van der Waals surface area (Å²) in [5.41, 5.74) is 6.66. The number of piperidine rings is 1. The van der Waals surface area contributed by atoms with E-state index in [9.17, 15) is 4.39 Å². The Hall–Kier alpha value is -0.930. The second-order valence-corrected chi connectivity index (χ2v) is 4.52. The lowest BCUT2D eigenvalue weighted by molar-refractivity contribution is 0.215. The van der Waals surface area contributed by atoms with Crippen LogP contribution in [0, 0.1) is 5.82 Å². The minimum absolute atomic E-state index is 0. The number of nitrogens with zero attached hydrogens (tertiary/aromatic N) is 1. The standard InChI is InChI=1S/C13H19FN2.CH4/c14-13-4-2-1-3-11(13)5-8-16-9-6-12(15)7-10-16;/h1-4,12H,5-10,15H2;1H4. The molecule has 0 unspecified atom stereocenters. The first-order chi connectivity index (χ1) is 7.75. The van der Waals surface area contributed by atoms with E-state index < -0.39 is 0 Å². The summed E-state index contributed by atoms with van der Waals surface area (Å²) in [6.45, 7) is 3.04. The van der Waals surface area contributed by atoms with Crippen LogP contribution in [0.3, 0.4) is 0 Å². The van der Waals surface area contributed by atoms with Crippen LogP contribution in [0.15, 0.2) is 24.3 Å². The molecule has 0 amide bonds. The predicted octanol–water partition coefficient (Wildman–Crippen LogP) is 2.43. The Balaban J connectivity index is 0.00000144. The fourth-order valence-corrected chi connectivity index (χ4v) is 2.16. The van der Waals surface area contributed by atoms with Crippen molar-refractivity contribution in [3.05, 3.63) is 35.6 Å². The molecule has 1 aliphatic rings. The van der Waals surface area contributed by atoms with Crippen molar-refractivity contribution in [1.29, 1.82) is 0 Å². The number of halogens is 1. The van der Waals surface area contributed by atoms with Gasteiger partial charge in [0.25, 0.3) is 0 Å². The predicted molar refractivity (Wildman–Crippen MR) is 70.5 cm³/mol. The molecule has 1 heterocycles. The highest BCUT2D eigenvalue weighted by atomic mass is 19.1. The summed E-state index contributed by atoms with van der Waals surface area (Å²) in [5, 5.41) is 0. The molecule has 2 rings (SSSR count). The van der Waals surface area contributed by atoms with Crippen molar-refractivity contribution in [2.75, 3.05) is 19.6 Å². The lowest BCUT2D eigenvalue weighted by Crippen LogP contribution is -2.40. The van der Waals surface area contributed by atoms with Crippen LogP contribution in [0.4, 0.5) is 4.39 Å². The Labute approximate surface area is 104 Å². The first-order valence-corrected chi connectivity index (χ1v) is 5.97. The van der Waals surface area contributed by atoms with Crippen LogP contribution < -0.4 is 5.73 Å². The highest BCUT2D eigenvalue weighted by molar-refractivity contribution is 5.17. The molecular weight excluding hydrogens is 215 g/mol. The lowest BCUT2D eigenvalue weighted by atomic mass is 10.1. The van der Waals surface area contributed by atoms with Gasteiger partial charge in [-0.1, -0.05) is 25.6 Å². The molecule has 1 fully saturated rings. The van der Waals surface area contributed by atoms with Crippen LogP contribution in [-0.4, -0.2) is 30.6 Å². The zero-order valence-electron chi connectivity index (χ0n) is 9.53. The number of hydrogen-bond donors (Lipinski definition) is 1. The van der Waals surface area contributed by atoms with E-state index in [1.54, 1.807) is 6.07 Å². The second kappa shape index (κ2) is 6.72. The molecule has 17 heavy (non-hydrogen) atoms. The van der Waals surface area contributed by atoms with E-state index in [1.165, 1.54) is 6.07 Å². The average Bonchev–Trinajstić information content (AvgIpc) is 2.30. The molecule has 1 aromatic carbocycles. The summed E-state index contributed by atoms with van der Waals surface area (Å²) in [4.78, 5) is 2.37. The van der Waals surface area contributed by atoms with E-state index in [4.69, 9.17) is 5.73 Å². The molecule has 0 aliphatic carbocycles. The fraction of sp³-hybridized carbons (Fsp3) is 0.571. The zero-order chi connectivity index (χ0) is 11.4. The summed E-state index contributed by atoms with van der Waals surface area (Å²) in [6.07, 6.45) is 2.93. The van der Waals surface area contributed by atoms with E-state index in [0.29, 0.717) is 6.04 Å². The molecule has 0 bridgehead atoms. The molecular formula is C14H23FN2. The van der Waals surface area contributed by atoms with Crippen molar-refractivity contribution in [2.45, 2.75) is 32.7 Å². The molecule has 96 valence electrons. The first-order valence-electron chi connectivity index (χ1n) is 5.97. The maximum Gasteiger partial charge on any atom is 0.126 e. The summed E-state index contributed by atoms with van der Waals surface area (Å²) in [6, 6.07) is 7.39. The molecule has 1 saturated heterocycles. The van der Waals surface area contributed by atoms with Crippen molar-refractivity contribution >= 4 is 0 Å². The minimum atomic E-state index is -0.0868. The van der Waals surface area contributed by atoms with Gasteiger partial charge in [0.05, 0.1) is 0 Å². The summed E-state index contributed by atoms with van der Waals surface area (Å²) < 4.78 is 13.4. The number of benzene rings is 1. The van der Waals surface area contributed by atoms with Crippen molar-refractivity contribution in [2.24, 2.45) is 5.73 Å². The molecule has 1 aliphatic heterocycles. The Morgan fingerprint density at radius 1 is 1.24 bits per heavy atom. The van der Waals surface area contributed by atoms with Gasteiger partial charge in [-0.15, -0.1) is 0 Å². The molecule has 3 heteroatoms. The molecule has 0 radical (unpaired) electrons. The topological polar surface area (TPSA) is 29.3 Å². The van der Waals surface area contributed by atoms with Crippen LogP contribution in [0.2, 0.25) is 0 Å². The molecule has 0 saturated carbocycles. The number of hydrogen-bond acceptors (Lipinski definition) is 2. The van der Waals surface area contributed by atoms with E-state index in [0.717, 1.165) is 44.5 Å². The molecule has 0 aromatic heterocycles. The van der Waals surface area contributed by atoms with Crippen LogP contribution in [0.25, 0.3) is 0 Å². The maximum absolute atomic E-state index is 13.4. The van der Waals surface area contributed by atoms with Crippen molar-refractivity contribution in [1.82, 2.24) is 4.90 Å². The minimum Gasteiger partial charge on any atom is -0.328 e. The lowest BCUT2D eigenvalue weighted by Gasteiger charge is -2.29. The van der Waals surface area contributed by atoms with Crippen molar-refractivity contribution in [3.63, 3.8) is 0 Å². The largest absolute Gasteiger partial charge is 0.328 e. The third kappa shape index (κ3) is 4.10. The van der Waals surface area contributed by atoms with Gasteiger partial charge in [-0.3, -0.25) is 0 Å². The number of likely N-dealkylation sites (tertiary alicyclic amines) is 1. The summed E-state index contributed by atoms with van der Waals surface area (Å²) in [7, 11) is 0. The number of nitrogens with two attached hydrogens (primary N) is 1. The summed E-state index contributed by atoms with van der Waals surface area (Å²) in [5.74, 6) is -0.0868. The van der Waals surface area contributed by atoms with E-state index >= 15 is 0 Å². The van der Waals surface area contributed by atoms with Gasteiger partial charge in [-0.25, -0.2) is 4.39 Å². The zero-order valence-corrected chi connectivity index (χ0v) is 9.53. The van der Waals surface area contributed by atoms with Crippen LogP contribution in [0.1, 0.15) is 25.8 Å². The first kappa shape index (κ1) is 14.1. The van der Waals surface area contributed by atoms with E-state index in [-0.39, 0.29) is 13.2 Å². The molecule has 2 nitrogen and oxygen atoms in total.